The van der Waals surface area contributed by atoms with Crippen molar-refractivity contribution in [1.82, 2.24) is 5.32 Å². The number of ketones is 1. The summed E-state index contributed by atoms with van der Waals surface area (Å²) < 4.78 is 5.18. The largest absolute Gasteiger partial charge is 0.456 e. The van der Waals surface area contributed by atoms with E-state index >= 15 is 0 Å². The van der Waals surface area contributed by atoms with Crippen LogP contribution in [0.1, 0.15) is 63.9 Å². The standard InChI is InChI=1S/C22H33NO4S/c1-21(2,3)16-10-8-15(9-11-16)19(25)23-17(12-13-28-7)20(26)27-14-18(24)22(4,5)6/h8-11,17H,12-14H2,1-7H3,(H,23,25). The van der Waals surface area contributed by atoms with Gasteiger partial charge < -0.3 is 10.1 Å². The van der Waals surface area contributed by atoms with Crippen molar-refractivity contribution in [2.75, 3.05) is 18.6 Å². The van der Waals surface area contributed by atoms with Crippen molar-refractivity contribution < 1.29 is 19.1 Å². The van der Waals surface area contributed by atoms with Gasteiger partial charge in [0.25, 0.3) is 5.91 Å². The molecule has 0 saturated heterocycles. The average Bonchev–Trinajstić information content (AvgIpc) is 2.61. The van der Waals surface area contributed by atoms with Crippen LogP contribution in [0.3, 0.4) is 0 Å². The Morgan fingerprint density at radius 3 is 2.07 bits per heavy atom. The van der Waals surface area contributed by atoms with Gasteiger partial charge in [0, 0.05) is 11.0 Å². The van der Waals surface area contributed by atoms with Crippen molar-refractivity contribution >= 4 is 29.4 Å². The van der Waals surface area contributed by atoms with E-state index in [1.54, 1.807) is 44.7 Å². The SMILES string of the molecule is CSCCC(NC(=O)c1ccc(C(C)(C)C)cc1)C(=O)OCC(=O)C(C)(C)C. The number of nitrogens with one attached hydrogen (secondary N) is 1. The van der Waals surface area contributed by atoms with Gasteiger partial charge in [0.05, 0.1) is 0 Å². The molecule has 0 saturated carbocycles. The Kier molecular flexibility index (Phi) is 8.74. The molecule has 0 bridgehead atoms. The second-order valence-corrected chi connectivity index (χ2v) is 9.90. The second kappa shape index (κ2) is 10.1. The zero-order valence-electron chi connectivity index (χ0n) is 18.0. The molecule has 0 aromatic heterocycles. The molecule has 0 heterocycles. The Labute approximate surface area is 173 Å². The van der Waals surface area contributed by atoms with E-state index in [4.69, 9.17) is 4.74 Å². The third kappa shape index (κ3) is 7.66. The van der Waals surface area contributed by atoms with Crippen LogP contribution >= 0.6 is 11.8 Å². The minimum absolute atomic E-state index is 0.000706. The summed E-state index contributed by atoms with van der Waals surface area (Å²) in [6.07, 6.45) is 2.37. The molecule has 1 atom stereocenters. The summed E-state index contributed by atoms with van der Waals surface area (Å²) in [4.78, 5) is 37.0. The topological polar surface area (TPSA) is 72.5 Å². The molecule has 28 heavy (non-hydrogen) atoms. The lowest BCUT2D eigenvalue weighted by Crippen LogP contribution is -2.43. The molecule has 0 aliphatic heterocycles. The number of carbonyl (C=O) groups is 3. The Hall–Kier alpha value is -1.82. The summed E-state index contributed by atoms with van der Waals surface area (Å²) in [5, 5.41) is 2.75. The van der Waals surface area contributed by atoms with Crippen molar-refractivity contribution in [3.05, 3.63) is 35.4 Å². The maximum Gasteiger partial charge on any atom is 0.329 e. The Balaban J connectivity index is 2.80. The molecule has 1 unspecified atom stereocenters. The van der Waals surface area contributed by atoms with Gasteiger partial charge in [-0.15, -0.1) is 0 Å². The fraction of sp³-hybridized carbons (Fsp3) is 0.591. The number of thioether (sulfide) groups is 1. The number of hydrogen-bond donors (Lipinski definition) is 1. The van der Waals surface area contributed by atoms with Crippen LogP contribution in [-0.4, -0.2) is 42.3 Å². The first-order valence-corrected chi connectivity index (χ1v) is 10.9. The number of hydrogen-bond acceptors (Lipinski definition) is 5. The molecular weight excluding hydrogens is 374 g/mol. The minimum atomic E-state index is -0.782. The van der Waals surface area contributed by atoms with Gasteiger partial charge in [-0.3, -0.25) is 9.59 Å². The van der Waals surface area contributed by atoms with Gasteiger partial charge in [0.2, 0.25) is 0 Å². The van der Waals surface area contributed by atoms with Crippen LogP contribution in [0.25, 0.3) is 0 Å². The normalized spacial score (nSPS) is 13.0. The van der Waals surface area contributed by atoms with Crippen LogP contribution in [-0.2, 0) is 19.7 Å². The highest BCUT2D eigenvalue weighted by atomic mass is 32.2. The molecule has 1 aromatic rings. The molecule has 5 nitrogen and oxygen atoms in total. The molecule has 1 amide bonds. The van der Waals surface area contributed by atoms with Crippen LogP contribution in [0, 0.1) is 5.41 Å². The predicted molar refractivity (Wildman–Crippen MR) is 115 cm³/mol. The monoisotopic (exact) mass is 407 g/mol. The molecule has 0 spiro atoms. The van der Waals surface area contributed by atoms with Crippen LogP contribution in [0.5, 0.6) is 0 Å². The number of Topliss-reactive ketones (excluding diaryl/α,β-unsaturated/α-hetero) is 1. The van der Waals surface area contributed by atoms with Crippen LogP contribution in [0.15, 0.2) is 24.3 Å². The van der Waals surface area contributed by atoms with E-state index in [9.17, 15) is 14.4 Å². The molecule has 0 aliphatic carbocycles. The van der Waals surface area contributed by atoms with Crippen molar-refractivity contribution in [3.63, 3.8) is 0 Å². The third-order valence-electron chi connectivity index (χ3n) is 4.40. The predicted octanol–water partition coefficient (Wildman–Crippen LogP) is 3.99. The number of esters is 1. The van der Waals surface area contributed by atoms with Crippen molar-refractivity contribution in [2.24, 2.45) is 5.41 Å². The summed E-state index contributed by atoms with van der Waals surface area (Å²) in [7, 11) is 0. The highest BCUT2D eigenvalue weighted by Gasteiger charge is 2.27. The maximum absolute atomic E-state index is 12.6. The van der Waals surface area contributed by atoms with E-state index in [0.717, 1.165) is 5.56 Å². The summed E-state index contributed by atoms with van der Waals surface area (Å²) in [6, 6.07) is 6.58. The van der Waals surface area contributed by atoms with Crippen molar-refractivity contribution in [1.29, 1.82) is 0 Å². The van der Waals surface area contributed by atoms with Crippen LogP contribution in [0.4, 0.5) is 0 Å². The van der Waals surface area contributed by atoms with Gasteiger partial charge >= 0.3 is 5.97 Å². The summed E-state index contributed by atoms with van der Waals surface area (Å²) in [5.74, 6) is -0.374. The van der Waals surface area contributed by atoms with E-state index in [1.165, 1.54) is 0 Å². The molecule has 0 radical (unpaired) electrons. The first kappa shape index (κ1) is 24.2. The highest BCUT2D eigenvalue weighted by Crippen LogP contribution is 2.22. The lowest BCUT2D eigenvalue weighted by atomic mass is 9.86. The fourth-order valence-electron chi connectivity index (χ4n) is 2.30. The number of rotatable bonds is 8. The van der Waals surface area contributed by atoms with E-state index in [-0.39, 0.29) is 23.7 Å². The minimum Gasteiger partial charge on any atom is -0.456 e. The maximum atomic E-state index is 12.6. The van der Waals surface area contributed by atoms with E-state index in [2.05, 4.69) is 26.1 Å². The number of amides is 1. The lowest BCUT2D eigenvalue weighted by Gasteiger charge is -2.21. The molecule has 6 heteroatoms. The Morgan fingerprint density at radius 1 is 1.04 bits per heavy atom. The van der Waals surface area contributed by atoms with E-state index in [1.807, 2.05) is 18.4 Å². The second-order valence-electron chi connectivity index (χ2n) is 8.92. The van der Waals surface area contributed by atoms with Gasteiger partial charge in [0.15, 0.2) is 12.4 Å². The average molecular weight is 408 g/mol. The van der Waals surface area contributed by atoms with E-state index in [0.29, 0.717) is 17.7 Å². The molecule has 0 aliphatic rings. The van der Waals surface area contributed by atoms with Gasteiger partial charge in [-0.05, 0) is 41.5 Å². The van der Waals surface area contributed by atoms with E-state index < -0.39 is 17.4 Å². The summed E-state index contributed by atoms with van der Waals surface area (Å²) in [5.41, 5.74) is 1.04. The molecule has 1 rings (SSSR count). The Bertz CT molecular complexity index is 684. The van der Waals surface area contributed by atoms with Gasteiger partial charge in [0.1, 0.15) is 6.04 Å². The van der Waals surface area contributed by atoms with Crippen molar-refractivity contribution in [3.8, 4) is 0 Å². The van der Waals surface area contributed by atoms with Gasteiger partial charge in [-0.25, -0.2) is 4.79 Å². The molecule has 156 valence electrons. The molecule has 1 aromatic carbocycles. The molecule has 1 N–H and O–H groups in total. The summed E-state index contributed by atoms with van der Waals surface area (Å²) in [6.45, 7) is 11.4. The Morgan fingerprint density at radius 2 is 1.61 bits per heavy atom. The quantitative estimate of drug-likeness (QED) is 0.660. The lowest BCUT2D eigenvalue weighted by molar-refractivity contribution is -0.151. The van der Waals surface area contributed by atoms with Crippen LogP contribution < -0.4 is 5.32 Å². The fourth-order valence-corrected chi connectivity index (χ4v) is 2.77. The first-order valence-electron chi connectivity index (χ1n) is 9.46. The number of ether oxygens (including phenoxy) is 1. The summed E-state index contributed by atoms with van der Waals surface area (Å²) >= 11 is 1.58. The number of carbonyl (C=O) groups excluding carboxylic acids is 3. The highest BCUT2D eigenvalue weighted by molar-refractivity contribution is 7.98. The van der Waals surface area contributed by atoms with Gasteiger partial charge in [-0.1, -0.05) is 53.7 Å². The molecular formula is C22H33NO4S. The molecule has 0 fully saturated rings. The van der Waals surface area contributed by atoms with Crippen LogP contribution in [0.2, 0.25) is 0 Å². The zero-order chi connectivity index (χ0) is 21.5. The number of benzene rings is 1. The van der Waals surface area contributed by atoms with Gasteiger partial charge in [-0.2, -0.15) is 11.8 Å². The third-order valence-corrected chi connectivity index (χ3v) is 5.04. The first-order chi connectivity index (χ1) is 12.9. The smallest absolute Gasteiger partial charge is 0.329 e. The van der Waals surface area contributed by atoms with Crippen molar-refractivity contribution in [2.45, 2.75) is 59.4 Å². The zero-order valence-corrected chi connectivity index (χ0v) is 18.9.